The summed E-state index contributed by atoms with van der Waals surface area (Å²) in [6.45, 7) is 8.37. The fourth-order valence-electron chi connectivity index (χ4n) is 3.70. The Labute approximate surface area is 184 Å². The predicted molar refractivity (Wildman–Crippen MR) is 120 cm³/mol. The minimum atomic E-state index is -0.881. The number of halogens is 1. The van der Waals surface area contributed by atoms with Gasteiger partial charge >= 0.3 is 0 Å². The second kappa shape index (κ2) is 11.0. The lowest BCUT2D eigenvalue weighted by atomic mass is 9.93. The number of ether oxygens (including phenoxy) is 3. The van der Waals surface area contributed by atoms with Gasteiger partial charge in [0.05, 0.1) is 11.6 Å². The number of aliphatic hydroxyl groups is 1. The van der Waals surface area contributed by atoms with Gasteiger partial charge in [-0.3, -0.25) is 4.90 Å². The predicted octanol–water partition coefficient (Wildman–Crippen LogP) is 4.47. The average molecular weight is 434 g/mol. The molecule has 1 fully saturated rings. The lowest BCUT2D eigenvalue weighted by molar-refractivity contribution is -0.0620. The molecule has 0 amide bonds. The van der Waals surface area contributed by atoms with Crippen molar-refractivity contribution in [1.82, 2.24) is 4.90 Å². The molecule has 1 aliphatic heterocycles. The van der Waals surface area contributed by atoms with E-state index in [1.807, 2.05) is 44.2 Å². The SMILES string of the molecule is CCOCCOc1ccc(CN2CCC[C@@](O)(COc3cc(C)ccc3Cl)C2)cc1. The summed E-state index contributed by atoms with van der Waals surface area (Å²) in [4.78, 5) is 2.27. The van der Waals surface area contributed by atoms with Gasteiger partial charge in [-0.25, -0.2) is 0 Å². The van der Waals surface area contributed by atoms with E-state index in [1.165, 1.54) is 5.56 Å². The first-order valence-electron chi connectivity index (χ1n) is 10.6. The van der Waals surface area contributed by atoms with Crippen molar-refractivity contribution in [1.29, 1.82) is 0 Å². The van der Waals surface area contributed by atoms with Gasteiger partial charge in [0.15, 0.2) is 0 Å². The van der Waals surface area contributed by atoms with Gasteiger partial charge in [0.25, 0.3) is 0 Å². The molecule has 0 unspecified atom stereocenters. The number of rotatable bonds is 10. The summed E-state index contributed by atoms with van der Waals surface area (Å²) in [5.41, 5.74) is 1.39. The van der Waals surface area contributed by atoms with Crippen molar-refractivity contribution in [3.63, 3.8) is 0 Å². The molecule has 1 atom stereocenters. The Morgan fingerprint density at radius 2 is 1.90 bits per heavy atom. The van der Waals surface area contributed by atoms with Crippen LogP contribution in [0, 0.1) is 6.92 Å². The highest BCUT2D eigenvalue weighted by Gasteiger charge is 2.34. The number of likely N-dealkylation sites (tertiary alicyclic amines) is 1. The van der Waals surface area contributed by atoms with Gasteiger partial charge in [-0.15, -0.1) is 0 Å². The first kappa shape index (κ1) is 22.9. The zero-order valence-electron chi connectivity index (χ0n) is 17.9. The van der Waals surface area contributed by atoms with Gasteiger partial charge in [0.1, 0.15) is 30.3 Å². The molecule has 0 radical (unpaired) electrons. The second-order valence-electron chi connectivity index (χ2n) is 7.95. The molecule has 1 heterocycles. The lowest BCUT2D eigenvalue weighted by Crippen LogP contribution is -2.51. The molecule has 3 rings (SSSR count). The number of aryl methyl sites for hydroxylation is 1. The van der Waals surface area contributed by atoms with Crippen molar-refractivity contribution in [3.8, 4) is 11.5 Å². The first-order valence-corrected chi connectivity index (χ1v) is 11.0. The molecule has 0 saturated carbocycles. The zero-order valence-corrected chi connectivity index (χ0v) is 18.7. The Hall–Kier alpha value is -1.79. The van der Waals surface area contributed by atoms with Crippen LogP contribution < -0.4 is 9.47 Å². The Kier molecular flexibility index (Phi) is 8.40. The van der Waals surface area contributed by atoms with E-state index >= 15 is 0 Å². The highest BCUT2D eigenvalue weighted by Crippen LogP contribution is 2.29. The highest BCUT2D eigenvalue weighted by molar-refractivity contribution is 6.32. The van der Waals surface area contributed by atoms with E-state index in [0.717, 1.165) is 37.2 Å². The topological polar surface area (TPSA) is 51.2 Å². The van der Waals surface area contributed by atoms with Crippen LogP contribution in [0.5, 0.6) is 11.5 Å². The van der Waals surface area contributed by atoms with Crippen LogP contribution in [-0.4, -0.2) is 55.1 Å². The summed E-state index contributed by atoms with van der Waals surface area (Å²) >= 11 is 6.22. The smallest absolute Gasteiger partial charge is 0.138 e. The third-order valence-corrected chi connectivity index (χ3v) is 5.56. The second-order valence-corrected chi connectivity index (χ2v) is 8.36. The molecule has 0 spiro atoms. The molecular weight excluding hydrogens is 402 g/mol. The maximum absolute atomic E-state index is 11.1. The Morgan fingerprint density at radius 1 is 1.10 bits per heavy atom. The van der Waals surface area contributed by atoms with Gasteiger partial charge in [-0.1, -0.05) is 29.8 Å². The largest absolute Gasteiger partial charge is 0.491 e. The Balaban J connectivity index is 1.50. The van der Waals surface area contributed by atoms with Crippen LogP contribution in [0.4, 0.5) is 0 Å². The molecular formula is C24H32ClNO4. The van der Waals surface area contributed by atoms with E-state index in [1.54, 1.807) is 0 Å². The molecule has 6 heteroatoms. The summed E-state index contributed by atoms with van der Waals surface area (Å²) in [5.74, 6) is 1.47. The molecule has 0 aliphatic carbocycles. The van der Waals surface area contributed by atoms with Crippen molar-refractivity contribution in [3.05, 3.63) is 58.6 Å². The molecule has 1 saturated heterocycles. The fourth-order valence-corrected chi connectivity index (χ4v) is 3.88. The molecule has 2 aromatic carbocycles. The molecule has 0 aromatic heterocycles. The minimum absolute atomic E-state index is 0.235. The fraction of sp³-hybridized carbons (Fsp3) is 0.500. The summed E-state index contributed by atoms with van der Waals surface area (Å²) in [6.07, 6.45) is 1.65. The Morgan fingerprint density at radius 3 is 2.67 bits per heavy atom. The number of β-amino-alcohol motifs (C(OH)–C–C–N with tert-alkyl or cyclic N) is 1. The molecule has 5 nitrogen and oxygen atoms in total. The standard InChI is InChI=1S/C24H32ClNO4/c1-3-28-13-14-29-21-8-6-20(7-9-21)16-26-12-4-11-24(27,17-26)18-30-23-15-19(2)5-10-22(23)25/h5-10,15,27H,3-4,11-14,16-18H2,1-2H3/t24-/m0/s1. The molecule has 1 N–H and O–H groups in total. The maximum Gasteiger partial charge on any atom is 0.138 e. The van der Waals surface area contributed by atoms with E-state index in [4.69, 9.17) is 25.8 Å². The van der Waals surface area contributed by atoms with E-state index in [0.29, 0.717) is 37.1 Å². The van der Waals surface area contributed by atoms with Gasteiger partial charge in [0.2, 0.25) is 0 Å². The monoisotopic (exact) mass is 433 g/mol. The van der Waals surface area contributed by atoms with Gasteiger partial charge in [0, 0.05) is 19.7 Å². The van der Waals surface area contributed by atoms with E-state index in [2.05, 4.69) is 17.0 Å². The summed E-state index contributed by atoms with van der Waals surface area (Å²) in [6, 6.07) is 13.8. The zero-order chi connectivity index (χ0) is 21.4. The van der Waals surface area contributed by atoms with Crippen LogP contribution in [0.25, 0.3) is 0 Å². The van der Waals surface area contributed by atoms with Crippen LogP contribution >= 0.6 is 11.6 Å². The van der Waals surface area contributed by atoms with Gasteiger partial charge < -0.3 is 19.3 Å². The number of nitrogens with zero attached hydrogens (tertiary/aromatic N) is 1. The number of benzene rings is 2. The summed E-state index contributed by atoms with van der Waals surface area (Å²) < 4.78 is 16.9. The molecule has 1 aliphatic rings. The van der Waals surface area contributed by atoms with Crippen molar-refractivity contribution >= 4 is 11.6 Å². The van der Waals surface area contributed by atoms with Crippen molar-refractivity contribution in [2.75, 3.05) is 39.5 Å². The van der Waals surface area contributed by atoms with Gasteiger partial charge in [-0.2, -0.15) is 0 Å². The van der Waals surface area contributed by atoms with Crippen molar-refractivity contribution in [2.45, 2.75) is 38.8 Å². The van der Waals surface area contributed by atoms with E-state index < -0.39 is 5.60 Å². The molecule has 2 aromatic rings. The maximum atomic E-state index is 11.1. The normalized spacial score (nSPS) is 19.6. The van der Waals surface area contributed by atoms with Gasteiger partial charge in [-0.05, 0) is 68.6 Å². The van der Waals surface area contributed by atoms with Crippen LogP contribution in [0.3, 0.4) is 0 Å². The van der Waals surface area contributed by atoms with Crippen LogP contribution in [0.2, 0.25) is 5.02 Å². The third kappa shape index (κ3) is 6.88. The number of hydrogen-bond donors (Lipinski definition) is 1. The highest BCUT2D eigenvalue weighted by atomic mass is 35.5. The molecule has 30 heavy (non-hydrogen) atoms. The van der Waals surface area contributed by atoms with E-state index in [-0.39, 0.29) is 6.61 Å². The number of piperidine rings is 1. The van der Waals surface area contributed by atoms with E-state index in [9.17, 15) is 5.11 Å². The van der Waals surface area contributed by atoms with Crippen LogP contribution in [-0.2, 0) is 11.3 Å². The summed E-state index contributed by atoms with van der Waals surface area (Å²) in [5, 5.41) is 11.7. The van der Waals surface area contributed by atoms with Crippen molar-refractivity contribution < 1.29 is 19.3 Å². The minimum Gasteiger partial charge on any atom is -0.491 e. The Bertz CT molecular complexity index is 798. The quantitative estimate of drug-likeness (QED) is 0.560. The molecule has 164 valence electrons. The average Bonchev–Trinajstić information content (AvgIpc) is 2.73. The lowest BCUT2D eigenvalue weighted by Gasteiger charge is -2.39. The van der Waals surface area contributed by atoms with Crippen molar-refractivity contribution in [2.24, 2.45) is 0 Å². The van der Waals surface area contributed by atoms with Crippen LogP contribution in [0.15, 0.2) is 42.5 Å². The number of hydrogen-bond acceptors (Lipinski definition) is 5. The summed E-state index contributed by atoms with van der Waals surface area (Å²) in [7, 11) is 0. The molecule has 0 bridgehead atoms. The van der Waals surface area contributed by atoms with Crippen LogP contribution in [0.1, 0.15) is 30.9 Å². The third-order valence-electron chi connectivity index (χ3n) is 5.25. The first-order chi connectivity index (χ1) is 14.5.